The predicted octanol–water partition coefficient (Wildman–Crippen LogP) is 3.59. The van der Waals surface area contributed by atoms with E-state index in [2.05, 4.69) is 57.4 Å². The summed E-state index contributed by atoms with van der Waals surface area (Å²) in [5, 5.41) is 4.85. The van der Waals surface area contributed by atoms with Crippen molar-refractivity contribution in [3.05, 3.63) is 60.3 Å². The third-order valence-corrected chi connectivity index (χ3v) is 5.20. The number of ether oxygens (including phenoxy) is 2. The van der Waals surface area contributed by atoms with Crippen molar-refractivity contribution >= 4 is 16.6 Å². The molecule has 0 radical (unpaired) electrons. The highest BCUT2D eigenvalue weighted by atomic mass is 16.5. The second kappa shape index (κ2) is 8.46. The molecule has 0 unspecified atom stereocenters. The van der Waals surface area contributed by atoms with Gasteiger partial charge in [0.15, 0.2) is 0 Å². The van der Waals surface area contributed by atoms with Crippen molar-refractivity contribution < 1.29 is 9.47 Å². The van der Waals surface area contributed by atoms with Crippen LogP contribution in [0, 0.1) is 0 Å². The lowest BCUT2D eigenvalue weighted by Crippen LogP contribution is -2.38. The van der Waals surface area contributed by atoms with Gasteiger partial charge in [-0.1, -0.05) is 18.2 Å². The summed E-state index contributed by atoms with van der Waals surface area (Å²) in [4.78, 5) is 2.48. The minimum atomic E-state index is 0.803. The van der Waals surface area contributed by atoms with Gasteiger partial charge < -0.3 is 19.4 Å². The van der Waals surface area contributed by atoms with Crippen LogP contribution in [0.3, 0.4) is 0 Å². The van der Waals surface area contributed by atoms with Gasteiger partial charge in [-0.05, 0) is 35.9 Å². The molecule has 0 bridgehead atoms. The number of hydrogen-bond donors (Lipinski definition) is 1. The van der Waals surface area contributed by atoms with E-state index in [1.165, 1.54) is 16.5 Å². The van der Waals surface area contributed by atoms with Gasteiger partial charge in [0.1, 0.15) is 5.75 Å². The summed E-state index contributed by atoms with van der Waals surface area (Å²) in [5.41, 5.74) is 3.72. The van der Waals surface area contributed by atoms with Gasteiger partial charge in [-0.3, -0.25) is 4.90 Å². The SMILES string of the molecule is COc1ccc(NCc2cn(CCN3CCOCC3)c3ccccc23)cc1. The number of aromatic nitrogens is 1. The zero-order valence-electron chi connectivity index (χ0n) is 15.9. The van der Waals surface area contributed by atoms with Crippen molar-refractivity contribution in [2.75, 3.05) is 45.3 Å². The fraction of sp³-hybridized carbons (Fsp3) is 0.364. The van der Waals surface area contributed by atoms with Crippen molar-refractivity contribution in [1.29, 1.82) is 0 Å². The van der Waals surface area contributed by atoms with E-state index in [1.807, 2.05) is 12.1 Å². The second-order valence-electron chi connectivity index (χ2n) is 6.90. The fourth-order valence-corrected chi connectivity index (χ4v) is 3.63. The van der Waals surface area contributed by atoms with Crippen LogP contribution in [0.1, 0.15) is 5.56 Å². The Morgan fingerprint density at radius 3 is 2.56 bits per heavy atom. The van der Waals surface area contributed by atoms with E-state index < -0.39 is 0 Å². The van der Waals surface area contributed by atoms with Crippen LogP contribution in [-0.4, -0.2) is 49.4 Å². The van der Waals surface area contributed by atoms with Crippen molar-refractivity contribution in [2.45, 2.75) is 13.1 Å². The third kappa shape index (κ3) is 4.26. The van der Waals surface area contributed by atoms with Gasteiger partial charge in [0, 0.05) is 55.5 Å². The molecule has 0 amide bonds. The first kappa shape index (κ1) is 17.9. The fourth-order valence-electron chi connectivity index (χ4n) is 3.63. The summed E-state index contributed by atoms with van der Waals surface area (Å²) in [7, 11) is 1.69. The number of nitrogens with zero attached hydrogens (tertiary/aromatic N) is 2. The minimum absolute atomic E-state index is 0.803. The Balaban J connectivity index is 1.46. The normalized spacial score (nSPS) is 15.1. The van der Waals surface area contributed by atoms with Gasteiger partial charge in [-0.25, -0.2) is 0 Å². The molecular formula is C22H27N3O2. The number of morpholine rings is 1. The number of nitrogens with one attached hydrogen (secondary N) is 1. The summed E-state index contributed by atoms with van der Waals surface area (Å²) in [6.45, 7) is 6.64. The summed E-state index contributed by atoms with van der Waals surface area (Å²) >= 11 is 0. The quantitative estimate of drug-likeness (QED) is 0.694. The third-order valence-electron chi connectivity index (χ3n) is 5.20. The van der Waals surface area contributed by atoms with Gasteiger partial charge in [0.05, 0.1) is 20.3 Å². The topological polar surface area (TPSA) is 38.7 Å². The molecule has 1 aliphatic heterocycles. The molecule has 1 N–H and O–H groups in total. The lowest BCUT2D eigenvalue weighted by atomic mass is 10.2. The molecule has 2 aromatic carbocycles. The molecule has 1 fully saturated rings. The molecule has 0 spiro atoms. The van der Waals surface area contributed by atoms with E-state index in [0.29, 0.717) is 0 Å². The van der Waals surface area contributed by atoms with Crippen molar-refractivity contribution in [2.24, 2.45) is 0 Å². The molecule has 142 valence electrons. The average molecular weight is 365 g/mol. The molecule has 4 rings (SSSR count). The first-order valence-electron chi connectivity index (χ1n) is 9.58. The summed E-state index contributed by atoms with van der Waals surface area (Å²) < 4.78 is 13.1. The Morgan fingerprint density at radius 1 is 1.00 bits per heavy atom. The van der Waals surface area contributed by atoms with Crippen LogP contribution in [0.15, 0.2) is 54.7 Å². The van der Waals surface area contributed by atoms with Gasteiger partial charge in [0.25, 0.3) is 0 Å². The zero-order valence-corrected chi connectivity index (χ0v) is 15.9. The number of hydrogen-bond acceptors (Lipinski definition) is 4. The first-order chi connectivity index (χ1) is 13.3. The molecule has 0 saturated carbocycles. The van der Waals surface area contributed by atoms with Crippen LogP contribution in [0.4, 0.5) is 5.69 Å². The maximum absolute atomic E-state index is 5.45. The molecule has 3 aromatic rings. The van der Waals surface area contributed by atoms with E-state index in [1.54, 1.807) is 7.11 Å². The lowest BCUT2D eigenvalue weighted by molar-refractivity contribution is 0.0365. The smallest absolute Gasteiger partial charge is 0.119 e. The molecule has 1 aliphatic rings. The maximum Gasteiger partial charge on any atom is 0.119 e. The van der Waals surface area contributed by atoms with Crippen molar-refractivity contribution in [3.8, 4) is 5.75 Å². The number of fused-ring (bicyclic) bond motifs is 1. The monoisotopic (exact) mass is 365 g/mol. The molecule has 5 nitrogen and oxygen atoms in total. The summed E-state index contributed by atoms with van der Waals surface area (Å²) in [6.07, 6.45) is 2.29. The van der Waals surface area contributed by atoms with Gasteiger partial charge in [-0.2, -0.15) is 0 Å². The van der Waals surface area contributed by atoms with Gasteiger partial charge in [0.2, 0.25) is 0 Å². The number of anilines is 1. The maximum atomic E-state index is 5.45. The number of para-hydroxylation sites is 1. The lowest BCUT2D eigenvalue weighted by Gasteiger charge is -2.26. The number of benzene rings is 2. The van der Waals surface area contributed by atoms with Crippen LogP contribution in [0.2, 0.25) is 0 Å². The van der Waals surface area contributed by atoms with Crippen LogP contribution >= 0.6 is 0 Å². The first-order valence-corrected chi connectivity index (χ1v) is 9.58. The van der Waals surface area contributed by atoms with Crippen LogP contribution in [0.25, 0.3) is 10.9 Å². The van der Waals surface area contributed by atoms with Crippen molar-refractivity contribution in [3.63, 3.8) is 0 Å². The molecule has 27 heavy (non-hydrogen) atoms. The number of methoxy groups -OCH3 is 1. The molecule has 0 aliphatic carbocycles. The van der Waals surface area contributed by atoms with Gasteiger partial charge >= 0.3 is 0 Å². The van der Waals surface area contributed by atoms with Crippen molar-refractivity contribution in [1.82, 2.24) is 9.47 Å². The Morgan fingerprint density at radius 2 is 1.78 bits per heavy atom. The van der Waals surface area contributed by atoms with E-state index in [-0.39, 0.29) is 0 Å². The minimum Gasteiger partial charge on any atom is -0.497 e. The molecule has 1 aromatic heterocycles. The molecule has 0 atom stereocenters. The van der Waals surface area contributed by atoms with Crippen LogP contribution in [-0.2, 0) is 17.8 Å². The van der Waals surface area contributed by atoms with E-state index in [0.717, 1.165) is 57.4 Å². The second-order valence-corrected chi connectivity index (χ2v) is 6.90. The molecule has 5 heteroatoms. The highest BCUT2D eigenvalue weighted by Crippen LogP contribution is 2.23. The van der Waals surface area contributed by atoms with E-state index in [4.69, 9.17) is 9.47 Å². The number of rotatable bonds is 7. The largest absolute Gasteiger partial charge is 0.497 e. The molecule has 1 saturated heterocycles. The van der Waals surface area contributed by atoms with E-state index in [9.17, 15) is 0 Å². The standard InChI is InChI=1S/C22H27N3O2/c1-26-20-8-6-19(7-9-20)23-16-18-17-25(22-5-3-2-4-21(18)22)11-10-24-12-14-27-15-13-24/h2-9,17,23H,10-16H2,1H3. The zero-order chi connectivity index (χ0) is 18.5. The van der Waals surface area contributed by atoms with Crippen LogP contribution in [0.5, 0.6) is 5.75 Å². The Bertz CT molecular complexity index is 867. The van der Waals surface area contributed by atoms with Gasteiger partial charge in [-0.15, -0.1) is 0 Å². The Labute approximate surface area is 160 Å². The highest BCUT2D eigenvalue weighted by molar-refractivity contribution is 5.84. The Hall–Kier alpha value is -2.50. The highest BCUT2D eigenvalue weighted by Gasteiger charge is 2.12. The predicted molar refractivity (Wildman–Crippen MR) is 110 cm³/mol. The molecule has 2 heterocycles. The summed E-state index contributed by atoms with van der Waals surface area (Å²) in [6, 6.07) is 16.7. The van der Waals surface area contributed by atoms with E-state index >= 15 is 0 Å². The summed E-state index contributed by atoms with van der Waals surface area (Å²) in [5.74, 6) is 0.875. The van der Waals surface area contributed by atoms with Crippen LogP contribution < -0.4 is 10.1 Å². The average Bonchev–Trinajstić information content (AvgIpc) is 3.10. The molecular weight excluding hydrogens is 338 g/mol. The Kier molecular flexibility index (Phi) is 5.61.